The van der Waals surface area contributed by atoms with E-state index in [1.807, 2.05) is 20.8 Å². The fourth-order valence-electron chi connectivity index (χ4n) is 1.72. The van der Waals surface area contributed by atoms with Gasteiger partial charge in [-0.05, 0) is 24.3 Å². The number of benzene rings is 1. The van der Waals surface area contributed by atoms with Gasteiger partial charge >= 0.3 is 0 Å². The van der Waals surface area contributed by atoms with E-state index in [-0.39, 0.29) is 10.3 Å². The average molecular weight is 290 g/mol. The molecule has 1 aromatic heterocycles. The van der Waals surface area contributed by atoms with Gasteiger partial charge in [0.2, 0.25) is 0 Å². The maximum atomic E-state index is 12.2. The van der Waals surface area contributed by atoms with Crippen molar-refractivity contribution in [2.45, 2.75) is 31.1 Å². The van der Waals surface area contributed by atoms with Crippen LogP contribution in [-0.2, 0) is 15.4 Å². The number of anilines is 1. The van der Waals surface area contributed by atoms with Gasteiger partial charge in [-0.1, -0.05) is 39.0 Å². The molecule has 0 unspecified atom stereocenters. The van der Waals surface area contributed by atoms with Crippen LogP contribution in [0.15, 0.2) is 53.6 Å². The van der Waals surface area contributed by atoms with Gasteiger partial charge in [0.1, 0.15) is 0 Å². The number of sulfonamides is 1. The quantitative estimate of drug-likeness (QED) is 0.944. The maximum Gasteiger partial charge on any atom is 0.261 e. The van der Waals surface area contributed by atoms with Gasteiger partial charge in [0, 0.05) is 17.3 Å². The van der Waals surface area contributed by atoms with Crippen LogP contribution in [0, 0.1) is 0 Å². The molecule has 1 aromatic carbocycles. The number of aromatic nitrogens is 1. The lowest BCUT2D eigenvalue weighted by atomic mass is 9.91. The zero-order chi connectivity index (χ0) is 14.8. The first-order chi connectivity index (χ1) is 9.29. The predicted molar refractivity (Wildman–Crippen MR) is 80.2 cm³/mol. The number of hydrogen-bond donors (Lipinski definition) is 1. The van der Waals surface area contributed by atoms with E-state index in [4.69, 9.17) is 0 Å². The SMILES string of the molecule is CC(C)(C)c1cc(NS(=O)(=O)c2ccccc2)ccn1. The summed E-state index contributed by atoms with van der Waals surface area (Å²) in [5.74, 6) is 0. The molecule has 0 fully saturated rings. The summed E-state index contributed by atoms with van der Waals surface area (Å²) < 4.78 is 27.0. The smallest absolute Gasteiger partial charge is 0.261 e. The third-order valence-electron chi connectivity index (χ3n) is 2.83. The summed E-state index contributed by atoms with van der Waals surface area (Å²) in [7, 11) is -3.55. The second-order valence-corrected chi connectivity index (χ2v) is 7.28. The third-order valence-corrected chi connectivity index (χ3v) is 4.23. The zero-order valence-corrected chi connectivity index (χ0v) is 12.6. The molecule has 1 N–H and O–H groups in total. The van der Waals surface area contributed by atoms with Crippen molar-refractivity contribution in [2.24, 2.45) is 0 Å². The summed E-state index contributed by atoms with van der Waals surface area (Å²) in [6, 6.07) is 11.7. The highest BCUT2D eigenvalue weighted by atomic mass is 32.2. The Morgan fingerprint density at radius 1 is 1.05 bits per heavy atom. The molecule has 0 aliphatic heterocycles. The zero-order valence-electron chi connectivity index (χ0n) is 11.8. The molecule has 2 aromatic rings. The van der Waals surface area contributed by atoms with Gasteiger partial charge in [0.25, 0.3) is 10.0 Å². The molecule has 0 atom stereocenters. The van der Waals surface area contributed by atoms with Crippen molar-refractivity contribution in [3.63, 3.8) is 0 Å². The number of nitrogens with zero attached hydrogens (tertiary/aromatic N) is 1. The Morgan fingerprint density at radius 3 is 2.30 bits per heavy atom. The van der Waals surface area contributed by atoms with E-state index in [0.29, 0.717) is 5.69 Å². The molecule has 0 amide bonds. The van der Waals surface area contributed by atoms with Crippen LogP contribution in [0.4, 0.5) is 5.69 Å². The van der Waals surface area contributed by atoms with Crippen molar-refractivity contribution in [1.82, 2.24) is 4.98 Å². The normalized spacial score (nSPS) is 12.2. The number of hydrogen-bond acceptors (Lipinski definition) is 3. The minimum atomic E-state index is -3.55. The molecule has 106 valence electrons. The highest BCUT2D eigenvalue weighted by molar-refractivity contribution is 7.92. The van der Waals surface area contributed by atoms with Crippen LogP contribution in [0.3, 0.4) is 0 Å². The monoisotopic (exact) mass is 290 g/mol. The Balaban J connectivity index is 2.31. The number of nitrogens with one attached hydrogen (secondary N) is 1. The standard InChI is InChI=1S/C15H18N2O2S/c1-15(2,3)14-11-12(9-10-16-14)17-20(18,19)13-7-5-4-6-8-13/h4-11H,1-3H3,(H,16,17). The van der Waals surface area contributed by atoms with E-state index < -0.39 is 10.0 Å². The minimum absolute atomic E-state index is 0.131. The molecule has 0 radical (unpaired) electrons. The molecule has 5 heteroatoms. The fraction of sp³-hybridized carbons (Fsp3) is 0.267. The van der Waals surface area contributed by atoms with E-state index in [0.717, 1.165) is 5.69 Å². The molecular weight excluding hydrogens is 272 g/mol. The number of pyridine rings is 1. The molecule has 0 bridgehead atoms. The molecule has 0 saturated carbocycles. The molecule has 0 spiro atoms. The summed E-state index contributed by atoms with van der Waals surface area (Å²) in [6.07, 6.45) is 1.61. The molecule has 1 heterocycles. The van der Waals surface area contributed by atoms with Crippen molar-refractivity contribution < 1.29 is 8.42 Å². The van der Waals surface area contributed by atoms with Crippen molar-refractivity contribution in [3.8, 4) is 0 Å². The second kappa shape index (κ2) is 5.25. The molecule has 0 saturated heterocycles. The van der Waals surface area contributed by atoms with Crippen molar-refractivity contribution in [1.29, 1.82) is 0 Å². The predicted octanol–water partition coefficient (Wildman–Crippen LogP) is 3.18. The maximum absolute atomic E-state index is 12.2. The summed E-state index contributed by atoms with van der Waals surface area (Å²) in [6.45, 7) is 6.10. The van der Waals surface area contributed by atoms with Gasteiger partial charge in [0.15, 0.2) is 0 Å². The Kier molecular flexibility index (Phi) is 3.81. The van der Waals surface area contributed by atoms with E-state index in [2.05, 4.69) is 9.71 Å². The first-order valence-corrected chi connectivity index (χ1v) is 7.82. The Morgan fingerprint density at radius 2 is 1.70 bits per heavy atom. The summed E-state index contributed by atoms with van der Waals surface area (Å²) in [5.41, 5.74) is 1.23. The van der Waals surface area contributed by atoms with Crippen LogP contribution in [-0.4, -0.2) is 13.4 Å². The van der Waals surface area contributed by atoms with Crippen LogP contribution in [0.5, 0.6) is 0 Å². The van der Waals surface area contributed by atoms with Crippen LogP contribution in [0.1, 0.15) is 26.5 Å². The minimum Gasteiger partial charge on any atom is -0.280 e. The lowest BCUT2D eigenvalue weighted by Crippen LogP contribution is -2.16. The average Bonchev–Trinajstić information content (AvgIpc) is 2.38. The summed E-state index contributed by atoms with van der Waals surface area (Å²) in [5, 5.41) is 0. The van der Waals surface area contributed by atoms with Crippen LogP contribution in [0.2, 0.25) is 0 Å². The lowest BCUT2D eigenvalue weighted by Gasteiger charge is -2.18. The molecule has 2 rings (SSSR count). The van der Waals surface area contributed by atoms with Gasteiger partial charge in [-0.15, -0.1) is 0 Å². The van der Waals surface area contributed by atoms with Crippen LogP contribution in [0.25, 0.3) is 0 Å². The van der Waals surface area contributed by atoms with E-state index in [1.54, 1.807) is 48.7 Å². The third kappa shape index (κ3) is 3.36. The van der Waals surface area contributed by atoms with E-state index >= 15 is 0 Å². The highest BCUT2D eigenvalue weighted by Gasteiger charge is 2.18. The second-order valence-electron chi connectivity index (χ2n) is 5.60. The lowest BCUT2D eigenvalue weighted by molar-refractivity contribution is 0.569. The van der Waals surface area contributed by atoms with Gasteiger partial charge in [-0.25, -0.2) is 8.42 Å². The largest absolute Gasteiger partial charge is 0.280 e. The Bertz CT molecular complexity index is 689. The van der Waals surface area contributed by atoms with Gasteiger partial charge in [-0.3, -0.25) is 9.71 Å². The number of rotatable bonds is 3. The van der Waals surface area contributed by atoms with Gasteiger partial charge in [-0.2, -0.15) is 0 Å². The first-order valence-electron chi connectivity index (χ1n) is 6.33. The van der Waals surface area contributed by atoms with Crippen molar-refractivity contribution >= 4 is 15.7 Å². The van der Waals surface area contributed by atoms with E-state index in [1.165, 1.54) is 0 Å². The highest BCUT2D eigenvalue weighted by Crippen LogP contribution is 2.23. The van der Waals surface area contributed by atoms with Gasteiger partial charge < -0.3 is 0 Å². The van der Waals surface area contributed by atoms with Crippen LogP contribution < -0.4 is 4.72 Å². The molecule has 0 aliphatic rings. The van der Waals surface area contributed by atoms with Crippen molar-refractivity contribution in [3.05, 3.63) is 54.4 Å². The summed E-state index contributed by atoms with van der Waals surface area (Å²) in [4.78, 5) is 4.52. The Labute approximate surface area is 119 Å². The molecular formula is C15H18N2O2S. The van der Waals surface area contributed by atoms with Crippen LogP contribution >= 0.6 is 0 Å². The molecule has 4 nitrogen and oxygen atoms in total. The summed E-state index contributed by atoms with van der Waals surface area (Å²) >= 11 is 0. The first kappa shape index (κ1) is 14.5. The van der Waals surface area contributed by atoms with Crippen molar-refractivity contribution in [2.75, 3.05) is 4.72 Å². The molecule has 20 heavy (non-hydrogen) atoms. The van der Waals surface area contributed by atoms with E-state index in [9.17, 15) is 8.42 Å². The molecule has 0 aliphatic carbocycles. The topological polar surface area (TPSA) is 59.1 Å². The fourth-order valence-corrected chi connectivity index (χ4v) is 2.79. The van der Waals surface area contributed by atoms with Gasteiger partial charge in [0.05, 0.1) is 10.6 Å². The Hall–Kier alpha value is -1.88.